The quantitative estimate of drug-likeness (QED) is 0.344. The fraction of sp³-hybridized carbons (Fsp3) is 0.357. The Morgan fingerprint density at radius 1 is 1.21 bits per heavy atom. The molecule has 2 aromatic heterocycles. The Balaban J connectivity index is 1.49. The van der Waals surface area contributed by atoms with Crippen LogP contribution in [0.2, 0.25) is 0 Å². The number of benzene rings is 2. The van der Waals surface area contributed by atoms with E-state index in [4.69, 9.17) is 0 Å². The van der Waals surface area contributed by atoms with E-state index < -0.39 is 0 Å². The summed E-state index contributed by atoms with van der Waals surface area (Å²) in [5.74, 6) is 0.651. The van der Waals surface area contributed by atoms with Gasteiger partial charge in [0.05, 0.1) is 44.9 Å². The van der Waals surface area contributed by atoms with Crippen LogP contribution >= 0.6 is 11.3 Å². The second kappa shape index (κ2) is 9.68. The summed E-state index contributed by atoms with van der Waals surface area (Å²) in [7, 11) is 0. The van der Waals surface area contributed by atoms with Crippen molar-refractivity contribution in [2.24, 2.45) is 10.4 Å². The third-order valence-electron chi connectivity index (χ3n) is 6.79. The van der Waals surface area contributed by atoms with Crippen molar-refractivity contribution < 1.29 is 0 Å². The van der Waals surface area contributed by atoms with Crippen LogP contribution in [0.15, 0.2) is 47.0 Å². The van der Waals surface area contributed by atoms with Crippen molar-refractivity contribution in [3.05, 3.63) is 69.4 Å². The maximum Gasteiger partial charge on any atom is 0.187 e. The summed E-state index contributed by atoms with van der Waals surface area (Å²) in [4.78, 5) is 10.6. The zero-order valence-electron chi connectivity index (χ0n) is 22.0. The van der Waals surface area contributed by atoms with Crippen molar-refractivity contribution in [3.63, 3.8) is 0 Å². The van der Waals surface area contributed by atoms with Crippen LogP contribution in [0.25, 0.3) is 16.0 Å². The van der Waals surface area contributed by atoms with Gasteiger partial charge in [-0.1, -0.05) is 38.1 Å². The van der Waals surface area contributed by atoms with E-state index in [2.05, 4.69) is 70.0 Å². The van der Waals surface area contributed by atoms with Gasteiger partial charge >= 0.3 is 0 Å². The minimum Gasteiger partial charge on any atom is -0.373 e. The summed E-state index contributed by atoms with van der Waals surface area (Å²) in [6.45, 7) is 7.20. The number of nitrogens with one attached hydrogen (secondary N) is 2. The molecule has 0 unspecified atom stereocenters. The largest absolute Gasteiger partial charge is 0.373 e. The van der Waals surface area contributed by atoms with Gasteiger partial charge < -0.3 is 10.6 Å². The Morgan fingerprint density at radius 3 is 2.79 bits per heavy atom. The Labute approximate surface area is 229 Å². The van der Waals surface area contributed by atoms with Gasteiger partial charge in [-0.25, -0.2) is 14.6 Å². The minimum absolute atomic E-state index is 0.0112. The Hall–Kier alpha value is -4.48. The fourth-order valence-electron chi connectivity index (χ4n) is 4.69. The van der Waals surface area contributed by atoms with E-state index in [1.54, 1.807) is 11.3 Å². The molecule has 1 aliphatic carbocycles. The van der Waals surface area contributed by atoms with Crippen LogP contribution in [-0.4, -0.2) is 38.1 Å². The predicted molar refractivity (Wildman–Crippen MR) is 149 cm³/mol. The monoisotopic (exact) mass is 536 g/mol. The molecule has 6 rings (SSSR count). The highest BCUT2D eigenvalue weighted by Crippen LogP contribution is 2.36. The fourth-order valence-corrected chi connectivity index (χ4v) is 5.52. The first-order valence-corrected chi connectivity index (χ1v) is 13.8. The normalized spacial score (nSPS) is 15.7. The van der Waals surface area contributed by atoms with Crippen LogP contribution in [0.3, 0.4) is 0 Å². The van der Waals surface area contributed by atoms with Gasteiger partial charge in [-0.3, -0.25) is 4.99 Å². The topological polar surface area (TPSA) is 131 Å². The van der Waals surface area contributed by atoms with Crippen molar-refractivity contribution in [1.82, 2.24) is 30.2 Å². The molecule has 2 aliphatic rings. The van der Waals surface area contributed by atoms with E-state index in [0.717, 1.165) is 40.0 Å². The zero-order chi connectivity index (χ0) is 27.1. The molecule has 2 aromatic carbocycles. The SMILES string of the molecule is CC(C)(C)CNC1=c2cc(N[C@H](c3cn(C4CC4)nn3)c3cccc4ncsc34)cc(C#N)c2=NCN1C#N. The maximum atomic E-state index is 10.1. The molecular formula is C28H28N10S. The van der Waals surface area contributed by atoms with Crippen molar-refractivity contribution >= 4 is 33.1 Å². The Bertz CT molecular complexity index is 1760. The summed E-state index contributed by atoms with van der Waals surface area (Å²) in [6.07, 6.45) is 6.46. The number of aromatic nitrogens is 4. The van der Waals surface area contributed by atoms with Crippen molar-refractivity contribution in [1.29, 1.82) is 10.5 Å². The van der Waals surface area contributed by atoms with Gasteiger partial charge in [0.25, 0.3) is 0 Å². The van der Waals surface area contributed by atoms with E-state index in [-0.39, 0.29) is 18.1 Å². The molecule has 11 heteroatoms. The molecule has 0 saturated heterocycles. The highest BCUT2D eigenvalue weighted by molar-refractivity contribution is 7.17. The Morgan fingerprint density at radius 2 is 2.05 bits per heavy atom. The minimum atomic E-state index is -0.329. The van der Waals surface area contributed by atoms with Gasteiger partial charge in [-0.2, -0.15) is 10.5 Å². The standard InChI is InChI=1S/C28H28N10S/c1-28(2,3)13-31-27-21-10-18(9-17(11-29)24(21)32-15-37(27)14-30)34-25(23-12-38(36-35-23)19-7-8-19)20-5-4-6-22-26(20)39-16-33-22/h4-6,9-10,12,16,19,25,31,34H,7-8,13,15H2,1-3H3/t25-/m0/s1. The molecule has 2 N–H and O–H groups in total. The second-order valence-corrected chi connectivity index (χ2v) is 12.0. The van der Waals surface area contributed by atoms with Crippen LogP contribution in [-0.2, 0) is 0 Å². The molecule has 0 bridgehead atoms. The molecule has 0 spiro atoms. The lowest BCUT2D eigenvalue weighted by atomic mass is 9.97. The van der Waals surface area contributed by atoms with E-state index in [1.807, 2.05) is 40.7 Å². The number of nitriles is 2. The van der Waals surface area contributed by atoms with E-state index in [0.29, 0.717) is 34.5 Å². The molecule has 3 heterocycles. The molecule has 1 atom stereocenters. The van der Waals surface area contributed by atoms with Crippen molar-refractivity contribution in [3.8, 4) is 12.3 Å². The molecular weight excluding hydrogens is 508 g/mol. The number of rotatable bonds is 7. The number of anilines is 1. The molecule has 39 heavy (non-hydrogen) atoms. The lowest BCUT2D eigenvalue weighted by Crippen LogP contribution is -2.46. The van der Waals surface area contributed by atoms with Crippen LogP contribution in [0.1, 0.15) is 62.5 Å². The summed E-state index contributed by atoms with van der Waals surface area (Å²) in [6, 6.07) is 12.2. The molecule has 196 valence electrons. The molecule has 1 aliphatic heterocycles. The average molecular weight is 537 g/mol. The van der Waals surface area contributed by atoms with Gasteiger partial charge in [0.1, 0.15) is 24.3 Å². The number of thiazole rings is 1. The van der Waals surface area contributed by atoms with Gasteiger partial charge in [0.15, 0.2) is 6.19 Å². The first-order valence-electron chi connectivity index (χ1n) is 12.9. The van der Waals surface area contributed by atoms with E-state index in [1.165, 1.54) is 4.90 Å². The lowest BCUT2D eigenvalue weighted by Gasteiger charge is -2.27. The molecule has 1 saturated carbocycles. The Kier molecular flexibility index (Phi) is 6.16. The van der Waals surface area contributed by atoms with Crippen LogP contribution in [0.4, 0.5) is 5.69 Å². The molecule has 0 amide bonds. The summed E-state index contributed by atoms with van der Waals surface area (Å²) < 4.78 is 3.01. The average Bonchev–Trinajstić information content (AvgIpc) is 3.45. The third-order valence-corrected chi connectivity index (χ3v) is 7.68. The van der Waals surface area contributed by atoms with Crippen molar-refractivity contribution in [2.45, 2.75) is 45.7 Å². The van der Waals surface area contributed by atoms with Gasteiger partial charge in [0.2, 0.25) is 0 Å². The molecule has 4 aromatic rings. The highest BCUT2D eigenvalue weighted by Gasteiger charge is 2.28. The van der Waals surface area contributed by atoms with Gasteiger partial charge in [0, 0.05) is 17.5 Å². The summed E-state index contributed by atoms with van der Waals surface area (Å²) in [5.41, 5.74) is 5.75. The number of hydrogen-bond donors (Lipinski definition) is 2. The summed E-state index contributed by atoms with van der Waals surface area (Å²) in [5, 5.41) is 37.3. The first kappa shape index (κ1) is 24.8. The van der Waals surface area contributed by atoms with Crippen LogP contribution in [0, 0.1) is 28.2 Å². The van der Waals surface area contributed by atoms with Crippen LogP contribution in [0.5, 0.6) is 0 Å². The third kappa shape index (κ3) is 4.89. The lowest BCUT2D eigenvalue weighted by molar-refractivity contribution is 0.386. The van der Waals surface area contributed by atoms with Crippen LogP contribution < -0.4 is 21.2 Å². The van der Waals surface area contributed by atoms with Crippen molar-refractivity contribution in [2.75, 3.05) is 18.5 Å². The first-order chi connectivity index (χ1) is 18.8. The maximum absolute atomic E-state index is 10.1. The number of nitrogens with zero attached hydrogens (tertiary/aromatic N) is 8. The summed E-state index contributed by atoms with van der Waals surface area (Å²) >= 11 is 1.59. The number of fused-ring (bicyclic) bond motifs is 2. The highest BCUT2D eigenvalue weighted by atomic mass is 32.1. The molecule has 10 nitrogen and oxygen atoms in total. The zero-order valence-corrected chi connectivity index (χ0v) is 22.8. The van der Waals surface area contributed by atoms with E-state index in [9.17, 15) is 10.5 Å². The predicted octanol–water partition coefficient (Wildman–Crippen LogP) is 3.37. The van der Waals surface area contributed by atoms with E-state index >= 15 is 0 Å². The van der Waals surface area contributed by atoms with Gasteiger partial charge in [-0.15, -0.1) is 16.4 Å². The molecule has 0 radical (unpaired) electrons. The molecule has 1 fully saturated rings. The smallest absolute Gasteiger partial charge is 0.187 e. The number of hydrogen-bond acceptors (Lipinski definition) is 10. The second-order valence-electron chi connectivity index (χ2n) is 11.1. The van der Waals surface area contributed by atoms with Gasteiger partial charge in [-0.05, 0) is 42.0 Å².